The van der Waals surface area contributed by atoms with Crippen LogP contribution in [0.2, 0.25) is 19.0 Å². The van der Waals surface area contributed by atoms with Crippen molar-refractivity contribution in [2.75, 3.05) is 0 Å². The highest BCUT2D eigenvalue weighted by molar-refractivity contribution is 6.58. The first-order valence-corrected chi connectivity index (χ1v) is 5.11. The fourth-order valence-corrected chi connectivity index (χ4v) is 1.44. The highest BCUT2D eigenvalue weighted by Gasteiger charge is 2.16. The smallest absolute Gasteiger partial charge is 0.0859 e. The van der Waals surface area contributed by atoms with E-state index in [4.69, 9.17) is 0 Å². The largest absolute Gasteiger partial charge is 0.139 e. The summed E-state index contributed by atoms with van der Waals surface area (Å²) in [6.07, 6.45) is 4.07. The van der Waals surface area contributed by atoms with Crippen LogP contribution >= 0.6 is 0 Å². The van der Waals surface area contributed by atoms with E-state index in [0.717, 1.165) is 18.4 Å². The molecule has 2 unspecified atom stereocenters. The van der Waals surface area contributed by atoms with Crippen LogP contribution in [-0.2, 0) is 0 Å². The van der Waals surface area contributed by atoms with Crippen LogP contribution in [0.1, 0.15) is 40.5 Å². The van der Waals surface area contributed by atoms with Crippen LogP contribution < -0.4 is 0 Å². The topological polar surface area (TPSA) is 0 Å². The lowest BCUT2D eigenvalue weighted by Crippen LogP contribution is -2.16. The van der Waals surface area contributed by atoms with Crippen LogP contribution in [0.3, 0.4) is 0 Å². The molecule has 0 aromatic carbocycles. The molecule has 0 saturated heterocycles. The first-order chi connectivity index (χ1) is 5.11. The van der Waals surface area contributed by atoms with Crippen molar-refractivity contribution in [3.05, 3.63) is 0 Å². The average Bonchev–Trinajstić information content (AvgIpc) is 2.02. The van der Waals surface area contributed by atoms with Crippen molar-refractivity contribution in [1.29, 1.82) is 0 Å². The van der Waals surface area contributed by atoms with Gasteiger partial charge in [-0.3, -0.25) is 0 Å². The van der Waals surface area contributed by atoms with Crippen LogP contribution in [0.5, 0.6) is 0 Å². The Bertz CT molecular complexity index is 90.9. The second-order valence-corrected chi connectivity index (χ2v) is 4.11. The third-order valence-corrected chi connectivity index (χ3v) is 3.09. The molecule has 0 aliphatic rings. The zero-order valence-electron chi connectivity index (χ0n) is 8.85. The van der Waals surface area contributed by atoms with Gasteiger partial charge in [0.05, 0.1) is 0 Å². The lowest BCUT2D eigenvalue weighted by Gasteiger charge is -2.18. The molecule has 0 fully saturated rings. The Kier molecular flexibility index (Phi) is 5.72. The highest BCUT2D eigenvalue weighted by atomic mass is 14.0. The molecule has 0 aromatic rings. The SMILES string of the molecule is CCC(C)CB(C)C(C)CC. The van der Waals surface area contributed by atoms with E-state index in [0.29, 0.717) is 0 Å². The van der Waals surface area contributed by atoms with Gasteiger partial charge in [-0.25, -0.2) is 0 Å². The van der Waals surface area contributed by atoms with Gasteiger partial charge in [-0.15, -0.1) is 0 Å². The summed E-state index contributed by atoms with van der Waals surface area (Å²) in [4.78, 5) is 0. The molecule has 0 spiro atoms. The molecule has 0 saturated carbocycles. The van der Waals surface area contributed by atoms with Crippen molar-refractivity contribution in [3.8, 4) is 0 Å². The monoisotopic (exact) mass is 154 g/mol. The molecule has 0 aromatic heterocycles. The predicted octanol–water partition coefficient (Wildman–Crippen LogP) is 3.96. The minimum Gasteiger partial charge on any atom is -0.0859 e. The minimum absolute atomic E-state index is 0.906. The van der Waals surface area contributed by atoms with Crippen LogP contribution in [0, 0.1) is 5.92 Å². The van der Waals surface area contributed by atoms with E-state index >= 15 is 0 Å². The van der Waals surface area contributed by atoms with Gasteiger partial charge in [0.1, 0.15) is 6.71 Å². The number of hydrogen-bond donors (Lipinski definition) is 0. The Labute approximate surface area is 72.8 Å². The van der Waals surface area contributed by atoms with Gasteiger partial charge in [0.25, 0.3) is 0 Å². The van der Waals surface area contributed by atoms with Crippen LogP contribution in [0.25, 0.3) is 0 Å². The van der Waals surface area contributed by atoms with E-state index in [9.17, 15) is 0 Å². The Morgan fingerprint density at radius 2 is 1.64 bits per heavy atom. The molecule has 0 aliphatic carbocycles. The molecular formula is C10H23B. The van der Waals surface area contributed by atoms with Crippen molar-refractivity contribution in [2.45, 2.75) is 59.5 Å². The van der Waals surface area contributed by atoms with E-state index in [1.54, 1.807) is 0 Å². The maximum atomic E-state index is 2.39. The maximum absolute atomic E-state index is 2.39. The Morgan fingerprint density at radius 1 is 1.09 bits per heavy atom. The summed E-state index contributed by atoms with van der Waals surface area (Å²) in [6, 6.07) is 0. The summed E-state index contributed by atoms with van der Waals surface area (Å²) < 4.78 is 0. The summed E-state index contributed by atoms with van der Waals surface area (Å²) in [7, 11) is 0. The van der Waals surface area contributed by atoms with Crippen molar-refractivity contribution in [3.63, 3.8) is 0 Å². The minimum atomic E-state index is 0.906. The summed E-state index contributed by atoms with van der Waals surface area (Å²) in [6.45, 7) is 12.6. The zero-order valence-corrected chi connectivity index (χ0v) is 8.85. The molecule has 0 radical (unpaired) electrons. The third-order valence-electron chi connectivity index (χ3n) is 3.09. The van der Waals surface area contributed by atoms with Crippen LogP contribution in [0.4, 0.5) is 0 Å². The predicted molar refractivity (Wildman–Crippen MR) is 55.6 cm³/mol. The van der Waals surface area contributed by atoms with Gasteiger partial charge in [0.15, 0.2) is 0 Å². The molecular weight excluding hydrogens is 131 g/mol. The number of rotatable bonds is 5. The van der Waals surface area contributed by atoms with Crippen molar-refractivity contribution < 1.29 is 0 Å². The summed E-state index contributed by atoms with van der Waals surface area (Å²) in [5.74, 6) is 1.82. The lowest BCUT2D eigenvalue weighted by atomic mass is 9.39. The third kappa shape index (κ3) is 4.50. The molecule has 1 heteroatoms. The molecule has 0 heterocycles. The van der Waals surface area contributed by atoms with Gasteiger partial charge in [-0.1, -0.05) is 65.4 Å². The fraction of sp³-hybridized carbons (Fsp3) is 1.00. The summed E-state index contributed by atoms with van der Waals surface area (Å²) in [5.41, 5.74) is 0. The van der Waals surface area contributed by atoms with Gasteiger partial charge < -0.3 is 0 Å². The van der Waals surface area contributed by atoms with Crippen molar-refractivity contribution in [1.82, 2.24) is 0 Å². The Morgan fingerprint density at radius 3 is 2.00 bits per heavy atom. The molecule has 0 rings (SSSR count). The van der Waals surface area contributed by atoms with E-state index < -0.39 is 0 Å². The second kappa shape index (κ2) is 5.68. The lowest BCUT2D eigenvalue weighted by molar-refractivity contribution is 0.613. The highest BCUT2D eigenvalue weighted by Crippen LogP contribution is 2.21. The van der Waals surface area contributed by atoms with Gasteiger partial charge in [-0.05, 0) is 0 Å². The van der Waals surface area contributed by atoms with E-state index in [-0.39, 0.29) is 0 Å². The molecule has 66 valence electrons. The first kappa shape index (κ1) is 11.1. The Balaban J connectivity index is 3.58. The van der Waals surface area contributed by atoms with E-state index in [1.807, 2.05) is 0 Å². The molecule has 0 amide bonds. The summed E-state index contributed by atoms with van der Waals surface area (Å²) >= 11 is 0. The van der Waals surface area contributed by atoms with Crippen LogP contribution in [0.15, 0.2) is 0 Å². The molecule has 0 N–H and O–H groups in total. The van der Waals surface area contributed by atoms with Gasteiger partial charge in [0.2, 0.25) is 0 Å². The van der Waals surface area contributed by atoms with E-state index in [1.165, 1.54) is 19.2 Å². The molecule has 11 heavy (non-hydrogen) atoms. The molecule has 2 atom stereocenters. The maximum Gasteiger partial charge on any atom is 0.139 e. The fourth-order valence-electron chi connectivity index (χ4n) is 1.44. The standard InChI is InChI=1S/C10H23B/c1-6-9(3)8-11(5)10(4)7-2/h9-10H,6-8H2,1-5H3. The quantitative estimate of drug-likeness (QED) is 0.526. The van der Waals surface area contributed by atoms with E-state index in [2.05, 4.69) is 34.5 Å². The van der Waals surface area contributed by atoms with Crippen molar-refractivity contribution in [2.24, 2.45) is 5.92 Å². The normalized spacial score (nSPS) is 16.1. The molecule has 0 aliphatic heterocycles. The molecule has 0 bridgehead atoms. The second-order valence-electron chi connectivity index (χ2n) is 4.11. The molecule has 0 nitrogen and oxygen atoms in total. The Hall–Kier alpha value is 0.0649. The van der Waals surface area contributed by atoms with Gasteiger partial charge in [-0.2, -0.15) is 0 Å². The average molecular weight is 154 g/mol. The first-order valence-electron chi connectivity index (χ1n) is 5.11. The summed E-state index contributed by atoms with van der Waals surface area (Å²) in [5, 5.41) is 0. The van der Waals surface area contributed by atoms with Gasteiger partial charge in [0, 0.05) is 0 Å². The van der Waals surface area contributed by atoms with Gasteiger partial charge >= 0.3 is 0 Å². The number of hydrogen-bond acceptors (Lipinski definition) is 0. The zero-order chi connectivity index (χ0) is 8.85. The van der Waals surface area contributed by atoms with Crippen molar-refractivity contribution >= 4 is 6.71 Å². The van der Waals surface area contributed by atoms with Crippen LogP contribution in [-0.4, -0.2) is 6.71 Å².